The van der Waals surface area contributed by atoms with Crippen LogP contribution in [0.15, 0.2) is 60.7 Å². The van der Waals surface area contributed by atoms with Gasteiger partial charge in [-0.1, -0.05) is 56.0 Å². The second-order valence-corrected chi connectivity index (χ2v) is 6.68. The van der Waals surface area contributed by atoms with Crippen molar-refractivity contribution < 1.29 is 51.0 Å². The van der Waals surface area contributed by atoms with E-state index in [1.54, 1.807) is 11.6 Å². The van der Waals surface area contributed by atoms with Gasteiger partial charge in [0.15, 0.2) is 0 Å². The fourth-order valence-electron chi connectivity index (χ4n) is 4.18. The molecule has 2 aromatic rings. The fraction of sp³-hybridized carbons (Fsp3) is 0.333. The minimum Gasteiger partial charge on any atom is -1.00 e. The third-order valence-corrected chi connectivity index (χ3v) is 5.21. The first kappa shape index (κ1) is 26.4. The summed E-state index contributed by atoms with van der Waals surface area (Å²) in [7, 11) is 0. The number of allylic oxidation sites excluding steroid dienone is 3. The molecule has 0 amide bonds. The van der Waals surface area contributed by atoms with Crippen molar-refractivity contribution in [1.82, 2.24) is 0 Å². The van der Waals surface area contributed by atoms with Gasteiger partial charge in [0.25, 0.3) is 0 Å². The summed E-state index contributed by atoms with van der Waals surface area (Å²) in [4.78, 5) is 0. The predicted octanol–water partition coefficient (Wildman–Crippen LogP) is 0.737. The van der Waals surface area contributed by atoms with Crippen molar-refractivity contribution in [2.24, 2.45) is 5.92 Å². The molecule has 2 aliphatic rings. The molecule has 0 aliphatic heterocycles. The van der Waals surface area contributed by atoms with Gasteiger partial charge in [0.2, 0.25) is 0 Å². The number of fused-ring (bicyclic) bond motifs is 3. The molecule has 27 heavy (non-hydrogen) atoms. The van der Waals surface area contributed by atoms with Crippen molar-refractivity contribution in [3.63, 3.8) is 0 Å². The third kappa shape index (κ3) is 6.18. The molecule has 0 nitrogen and oxygen atoms in total. The first-order chi connectivity index (χ1) is 11.9. The molecule has 4 rings (SSSR count). The van der Waals surface area contributed by atoms with Crippen molar-refractivity contribution in [3.05, 3.63) is 84.5 Å². The van der Waals surface area contributed by atoms with Gasteiger partial charge < -0.3 is 24.8 Å². The Balaban J connectivity index is 0.000000762. The Morgan fingerprint density at radius 2 is 1.63 bits per heavy atom. The Morgan fingerprint density at radius 3 is 2.26 bits per heavy atom. The van der Waals surface area contributed by atoms with E-state index in [-0.39, 0.29) is 51.0 Å². The first-order valence-electron chi connectivity index (χ1n) is 9.13. The molecule has 1 saturated carbocycles. The monoisotopic (exact) mass is 474 g/mol. The molecular formula is C24H26Cl2Zr. The van der Waals surface area contributed by atoms with Crippen LogP contribution in [0.25, 0.3) is 11.1 Å². The molecule has 0 N–H and O–H groups in total. The van der Waals surface area contributed by atoms with E-state index in [2.05, 4.69) is 48.5 Å². The van der Waals surface area contributed by atoms with Crippen molar-refractivity contribution in [2.75, 3.05) is 0 Å². The van der Waals surface area contributed by atoms with E-state index in [1.807, 2.05) is 13.0 Å². The van der Waals surface area contributed by atoms with Crippen molar-refractivity contribution >= 4 is 0 Å². The molecule has 1 unspecified atom stereocenters. The van der Waals surface area contributed by atoms with E-state index in [9.17, 15) is 0 Å². The van der Waals surface area contributed by atoms with Crippen LogP contribution < -0.4 is 24.8 Å². The van der Waals surface area contributed by atoms with Gasteiger partial charge in [0.1, 0.15) is 0 Å². The van der Waals surface area contributed by atoms with E-state index < -0.39 is 0 Å². The Hall–Kier alpha value is -0.617. The summed E-state index contributed by atoms with van der Waals surface area (Å²) < 4.78 is 0. The maximum atomic E-state index is 4.93. The largest absolute Gasteiger partial charge is 4.00 e. The van der Waals surface area contributed by atoms with E-state index in [4.69, 9.17) is 6.58 Å². The van der Waals surface area contributed by atoms with Crippen LogP contribution in [-0.4, -0.2) is 0 Å². The first-order valence-corrected chi connectivity index (χ1v) is 9.13. The Bertz CT molecular complexity index is 672. The molecular weight excluding hydrogens is 450 g/mol. The zero-order valence-electron chi connectivity index (χ0n) is 15.8. The molecule has 0 saturated heterocycles. The number of hydrogen-bond donors (Lipinski definition) is 0. The van der Waals surface area contributed by atoms with Crippen LogP contribution in [0.4, 0.5) is 0 Å². The molecule has 2 aromatic carbocycles. The molecule has 0 heterocycles. The van der Waals surface area contributed by atoms with Crippen LogP contribution in [0, 0.1) is 18.6 Å². The maximum absolute atomic E-state index is 4.93. The van der Waals surface area contributed by atoms with Gasteiger partial charge in [0, 0.05) is 0 Å². The van der Waals surface area contributed by atoms with Crippen LogP contribution in [0.1, 0.15) is 56.1 Å². The zero-order valence-corrected chi connectivity index (χ0v) is 19.8. The Labute approximate surface area is 196 Å². The summed E-state index contributed by atoms with van der Waals surface area (Å²) in [6, 6.07) is 19.0. The van der Waals surface area contributed by atoms with E-state index in [0.717, 1.165) is 5.92 Å². The molecule has 0 aromatic heterocycles. The second kappa shape index (κ2) is 13.5. The second-order valence-electron chi connectivity index (χ2n) is 6.68. The molecule has 1 atom stereocenters. The standard InChI is InChI=1S/C19H19.C5H7.2ClH.Zr/c1-2-8-14(9-3-1)19-17-12-6-4-10-15(17)16-11-5-7-13-18(16)19;1-3-5-4-2;;;/h4-7,10-12,14,19H,1-3,8-9H2;1,3-5H,2H3;2*1H;/q2*-1;;;+4/p-2. The topological polar surface area (TPSA) is 0 Å². The van der Waals surface area contributed by atoms with Gasteiger partial charge in [-0.3, -0.25) is 6.58 Å². The summed E-state index contributed by atoms with van der Waals surface area (Å²) >= 11 is 0. The molecule has 140 valence electrons. The van der Waals surface area contributed by atoms with Gasteiger partial charge in [-0.2, -0.15) is 30.3 Å². The zero-order chi connectivity index (χ0) is 16.8. The quantitative estimate of drug-likeness (QED) is 0.443. The smallest absolute Gasteiger partial charge is 1.00 e. The van der Waals surface area contributed by atoms with Crippen molar-refractivity contribution in [3.8, 4) is 11.1 Å². The van der Waals surface area contributed by atoms with Crippen LogP contribution in [0.2, 0.25) is 0 Å². The van der Waals surface area contributed by atoms with Crippen LogP contribution >= 0.6 is 0 Å². The van der Waals surface area contributed by atoms with E-state index in [1.165, 1.54) is 54.9 Å². The number of benzene rings is 2. The fourth-order valence-corrected chi connectivity index (χ4v) is 4.18. The summed E-state index contributed by atoms with van der Waals surface area (Å²) in [6.07, 6.45) is 12.2. The molecule has 0 radical (unpaired) electrons. The third-order valence-electron chi connectivity index (χ3n) is 5.21. The van der Waals surface area contributed by atoms with E-state index in [0.29, 0.717) is 5.92 Å². The van der Waals surface area contributed by atoms with Gasteiger partial charge in [0.05, 0.1) is 0 Å². The van der Waals surface area contributed by atoms with Crippen molar-refractivity contribution in [1.29, 1.82) is 0 Å². The average Bonchev–Trinajstić information content (AvgIpc) is 2.98. The summed E-state index contributed by atoms with van der Waals surface area (Å²) in [5, 5.41) is 0. The SMILES string of the molecule is [CH-]=CC=CC.[Cl-].[Cl-].[Zr+4].[c-]1cccc2c1C(C1CCCCC1)c1ccccc1-2. The van der Waals surface area contributed by atoms with Crippen LogP contribution in [0.3, 0.4) is 0 Å². The number of hydrogen-bond acceptors (Lipinski definition) is 0. The Morgan fingerprint density at radius 1 is 0.963 bits per heavy atom. The minimum atomic E-state index is 0. The summed E-state index contributed by atoms with van der Waals surface area (Å²) in [5.41, 5.74) is 5.88. The molecule has 1 fully saturated rings. The van der Waals surface area contributed by atoms with Gasteiger partial charge in [-0.05, 0) is 30.2 Å². The minimum absolute atomic E-state index is 0. The molecule has 0 bridgehead atoms. The number of halogens is 2. The number of rotatable bonds is 2. The van der Waals surface area contributed by atoms with E-state index >= 15 is 0 Å². The summed E-state index contributed by atoms with van der Waals surface area (Å²) in [5.74, 6) is 1.43. The molecule has 3 heteroatoms. The van der Waals surface area contributed by atoms with Gasteiger partial charge in [-0.15, -0.1) is 11.1 Å². The van der Waals surface area contributed by atoms with Crippen LogP contribution in [0.5, 0.6) is 0 Å². The molecule has 2 aliphatic carbocycles. The van der Waals surface area contributed by atoms with Crippen molar-refractivity contribution in [2.45, 2.75) is 44.9 Å². The predicted molar refractivity (Wildman–Crippen MR) is 103 cm³/mol. The van der Waals surface area contributed by atoms with Gasteiger partial charge in [-0.25, -0.2) is 12.2 Å². The van der Waals surface area contributed by atoms with Gasteiger partial charge >= 0.3 is 26.2 Å². The summed E-state index contributed by atoms with van der Waals surface area (Å²) in [6.45, 7) is 6.85. The Kier molecular flexibility index (Phi) is 13.2. The normalized spacial score (nSPS) is 17.1. The maximum Gasteiger partial charge on any atom is 4.00 e. The average molecular weight is 477 g/mol. The molecule has 0 spiro atoms. The van der Waals surface area contributed by atoms with Crippen LogP contribution in [-0.2, 0) is 26.2 Å².